The number of allylic oxidation sites excluding steroid dienone is 10. The van der Waals surface area contributed by atoms with E-state index in [9.17, 15) is 14.3 Å². The number of hydrogen-bond donors (Lipinski definition) is 2. The second-order valence-corrected chi connectivity index (χ2v) is 17.7. The number of phosphoric ester groups is 1. The number of esters is 1. The Kier molecular flexibility index (Phi) is 46.8. The van der Waals surface area contributed by atoms with E-state index in [-0.39, 0.29) is 38.8 Å². The molecule has 0 aliphatic heterocycles. The summed E-state index contributed by atoms with van der Waals surface area (Å²) in [6.07, 6.45) is 59.8. The van der Waals surface area contributed by atoms with Gasteiger partial charge in [-0.25, -0.2) is 4.57 Å². The molecule has 0 aromatic carbocycles. The molecule has 0 aromatic heterocycles. The Hall–Kier alpha value is -1.80. The number of rotatable bonds is 47. The van der Waals surface area contributed by atoms with Crippen LogP contribution in [-0.2, 0) is 27.9 Å². The second-order valence-electron chi connectivity index (χ2n) is 16.3. The summed E-state index contributed by atoms with van der Waals surface area (Å²) in [5, 5.41) is 0. The zero-order valence-corrected chi connectivity index (χ0v) is 39.8. The molecule has 350 valence electrons. The lowest BCUT2D eigenvalue weighted by molar-refractivity contribution is -0.154. The van der Waals surface area contributed by atoms with E-state index < -0.39 is 13.9 Å². The first-order chi connectivity index (χ1) is 29.4. The van der Waals surface area contributed by atoms with Gasteiger partial charge in [-0.15, -0.1) is 0 Å². The molecule has 0 amide bonds. The number of unbranched alkanes of at least 4 members (excludes halogenated alkanes) is 24. The van der Waals surface area contributed by atoms with Crippen LogP contribution in [0.25, 0.3) is 0 Å². The van der Waals surface area contributed by atoms with E-state index in [1.165, 1.54) is 141 Å². The van der Waals surface area contributed by atoms with E-state index in [4.69, 9.17) is 24.3 Å². The van der Waals surface area contributed by atoms with Crippen LogP contribution in [0.1, 0.15) is 219 Å². The molecule has 0 aliphatic rings. The molecule has 8 nitrogen and oxygen atoms in total. The lowest BCUT2D eigenvalue weighted by atomic mass is 10.0. The van der Waals surface area contributed by atoms with Gasteiger partial charge in [0.25, 0.3) is 0 Å². The number of ether oxygens (including phenoxy) is 2. The fourth-order valence-electron chi connectivity index (χ4n) is 6.81. The molecule has 0 spiro atoms. The minimum atomic E-state index is -4.29. The second kappa shape index (κ2) is 48.2. The Morgan fingerprint density at radius 3 is 1.42 bits per heavy atom. The monoisotopic (exact) mass is 864 g/mol. The maximum Gasteiger partial charge on any atom is 0.472 e. The predicted octanol–water partition coefficient (Wildman–Crippen LogP) is 15.3. The summed E-state index contributed by atoms with van der Waals surface area (Å²) in [4.78, 5) is 22.5. The molecular weight excluding hydrogens is 770 g/mol. The minimum absolute atomic E-state index is 0.0918. The van der Waals surface area contributed by atoms with Crippen molar-refractivity contribution in [2.24, 2.45) is 5.73 Å². The summed E-state index contributed by atoms with van der Waals surface area (Å²) < 4.78 is 33.5. The third kappa shape index (κ3) is 47.3. The SMILES string of the molecule is CC/C=C\C/C=C\C/C=C\C/C=C\CCCCC(=O)OC(COCCCCCCCCCCCCCCCC/C=C\CCCCCCCCCC)COP(=O)(O)OCCN. The van der Waals surface area contributed by atoms with Crippen molar-refractivity contribution in [2.45, 2.75) is 225 Å². The van der Waals surface area contributed by atoms with Crippen molar-refractivity contribution in [3.05, 3.63) is 60.8 Å². The molecule has 0 bridgehead atoms. The van der Waals surface area contributed by atoms with Crippen LogP contribution in [0.4, 0.5) is 0 Å². The quantitative estimate of drug-likeness (QED) is 0.0269. The molecule has 3 N–H and O–H groups in total. The highest BCUT2D eigenvalue weighted by Crippen LogP contribution is 2.43. The average Bonchev–Trinajstić information content (AvgIpc) is 3.24. The molecule has 0 fully saturated rings. The number of carbonyl (C=O) groups excluding carboxylic acids is 1. The van der Waals surface area contributed by atoms with E-state index in [1.54, 1.807) is 0 Å². The van der Waals surface area contributed by atoms with Crippen molar-refractivity contribution in [1.29, 1.82) is 0 Å². The van der Waals surface area contributed by atoms with Crippen LogP contribution >= 0.6 is 7.82 Å². The minimum Gasteiger partial charge on any atom is -0.457 e. The normalized spacial score (nSPS) is 13.9. The fraction of sp³-hybridized carbons (Fsp3) is 0.784. The van der Waals surface area contributed by atoms with Crippen LogP contribution in [0.5, 0.6) is 0 Å². The summed E-state index contributed by atoms with van der Waals surface area (Å²) in [6, 6.07) is 0. The lowest BCUT2D eigenvalue weighted by Crippen LogP contribution is -2.28. The Morgan fingerprint density at radius 2 is 0.933 bits per heavy atom. The average molecular weight is 864 g/mol. The molecule has 0 aliphatic carbocycles. The van der Waals surface area contributed by atoms with E-state index in [0.29, 0.717) is 13.0 Å². The van der Waals surface area contributed by atoms with Crippen LogP contribution in [0.3, 0.4) is 0 Å². The van der Waals surface area contributed by atoms with E-state index in [2.05, 4.69) is 74.6 Å². The van der Waals surface area contributed by atoms with Gasteiger partial charge in [0.15, 0.2) is 0 Å². The Balaban J connectivity index is 3.93. The van der Waals surface area contributed by atoms with Crippen LogP contribution in [0.15, 0.2) is 60.8 Å². The number of carbonyl (C=O) groups is 1. The van der Waals surface area contributed by atoms with Gasteiger partial charge in [0, 0.05) is 19.6 Å². The highest BCUT2D eigenvalue weighted by molar-refractivity contribution is 7.47. The molecule has 0 heterocycles. The Labute approximate surface area is 370 Å². The largest absolute Gasteiger partial charge is 0.472 e. The molecule has 0 aromatic rings. The molecular formula is C51H94NO7P. The van der Waals surface area contributed by atoms with Gasteiger partial charge in [-0.05, 0) is 77.0 Å². The molecule has 0 saturated carbocycles. The van der Waals surface area contributed by atoms with Crippen LogP contribution < -0.4 is 5.73 Å². The first-order valence-corrected chi connectivity index (χ1v) is 26.3. The Morgan fingerprint density at radius 1 is 0.517 bits per heavy atom. The van der Waals surface area contributed by atoms with Crippen LogP contribution in [-0.4, -0.2) is 49.9 Å². The molecule has 2 unspecified atom stereocenters. The van der Waals surface area contributed by atoms with Gasteiger partial charge in [0.05, 0.1) is 19.8 Å². The topological polar surface area (TPSA) is 117 Å². The van der Waals surface area contributed by atoms with Crippen molar-refractivity contribution in [2.75, 3.05) is 33.0 Å². The highest BCUT2D eigenvalue weighted by Gasteiger charge is 2.25. The van der Waals surface area contributed by atoms with Crippen LogP contribution in [0, 0.1) is 0 Å². The summed E-state index contributed by atoms with van der Waals surface area (Å²) in [6.45, 7) is 4.76. The zero-order valence-electron chi connectivity index (χ0n) is 38.9. The third-order valence-corrected chi connectivity index (χ3v) is 11.4. The summed E-state index contributed by atoms with van der Waals surface area (Å²) in [7, 11) is -4.29. The van der Waals surface area contributed by atoms with E-state index in [0.717, 1.165) is 51.4 Å². The van der Waals surface area contributed by atoms with Crippen molar-refractivity contribution in [3.8, 4) is 0 Å². The van der Waals surface area contributed by atoms with E-state index in [1.807, 2.05) is 0 Å². The zero-order chi connectivity index (χ0) is 43.7. The molecule has 9 heteroatoms. The number of hydrogen-bond acceptors (Lipinski definition) is 7. The summed E-state index contributed by atoms with van der Waals surface area (Å²) in [5.41, 5.74) is 5.38. The molecule has 0 radical (unpaired) electrons. The first-order valence-electron chi connectivity index (χ1n) is 24.8. The lowest BCUT2D eigenvalue weighted by Gasteiger charge is -2.20. The molecule has 60 heavy (non-hydrogen) atoms. The first kappa shape index (κ1) is 58.2. The molecule has 2 atom stereocenters. The predicted molar refractivity (Wildman–Crippen MR) is 256 cm³/mol. The van der Waals surface area contributed by atoms with Crippen molar-refractivity contribution in [3.63, 3.8) is 0 Å². The highest BCUT2D eigenvalue weighted by atomic mass is 31.2. The maximum atomic E-state index is 12.6. The summed E-state index contributed by atoms with van der Waals surface area (Å²) >= 11 is 0. The van der Waals surface area contributed by atoms with Gasteiger partial charge in [-0.3, -0.25) is 13.8 Å². The van der Waals surface area contributed by atoms with Gasteiger partial charge in [-0.2, -0.15) is 0 Å². The third-order valence-electron chi connectivity index (χ3n) is 10.4. The van der Waals surface area contributed by atoms with Gasteiger partial charge in [0.2, 0.25) is 0 Å². The Bertz CT molecular complexity index is 1110. The number of nitrogens with two attached hydrogens (primary N) is 1. The standard InChI is InChI=1S/C51H94NO7P/c1-3-5-7-9-11-13-15-17-19-20-21-22-23-24-25-26-27-28-29-31-33-35-37-39-41-43-46-56-48-50(49-58-60(54,55)57-47-45-52)59-51(53)44-42-40-38-36-34-32-30-18-16-14-12-10-8-6-4-2/h6,8,12,14,18,20-21,30,34,36,50H,3-5,7,9-11,13,15-17,19,22-29,31-33,35,37-49,52H2,1-2H3,(H,54,55)/b8-6-,14-12-,21-20-,30-18-,36-34-. The van der Waals surface area contributed by atoms with Crippen molar-refractivity contribution >= 4 is 13.8 Å². The van der Waals surface area contributed by atoms with Gasteiger partial charge in [-0.1, -0.05) is 197 Å². The molecule has 0 rings (SSSR count). The smallest absolute Gasteiger partial charge is 0.457 e. The van der Waals surface area contributed by atoms with Crippen molar-refractivity contribution < 1.29 is 32.8 Å². The maximum absolute atomic E-state index is 12.6. The van der Waals surface area contributed by atoms with Gasteiger partial charge < -0.3 is 20.1 Å². The van der Waals surface area contributed by atoms with Gasteiger partial charge >= 0.3 is 13.8 Å². The number of phosphoric acid groups is 1. The van der Waals surface area contributed by atoms with Crippen LogP contribution in [0.2, 0.25) is 0 Å². The van der Waals surface area contributed by atoms with E-state index >= 15 is 0 Å². The van der Waals surface area contributed by atoms with Crippen molar-refractivity contribution in [1.82, 2.24) is 0 Å². The van der Waals surface area contributed by atoms with Gasteiger partial charge in [0.1, 0.15) is 6.10 Å². The molecule has 0 saturated heterocycles. The fourth-order valence-corrected chi connectivity index (χ4v) is 7.57. The summed E-state index contributed by atoms with van der Waals surface area (Å²) in [5.74, 6) is -0.369.